The van der Waals surface area contributed by atoms with Crippen molar-refractivity contribution in [2.24, 2.45) is 0 Å². The quantitative estimate of drug-likeness (QED) is 0.813. The van der Waals surface area contributed by atoms with Gasteiger partial charge in [0, 0.05) is 42.8 Å². The number of thiophene rings is 1. The molecule has 3 heterocycles. The van der Waals surface area contributed by atoms with Gasteiger partial charge in [0.25, 0.3) is 0 Å². The summed E-state index contributed by atoms with van der Waals surface area (Å²) in [6.45, 7) is 5.01. The SMILES string of the molecule is CCC(=O)N1C2CCCC1CN(C/C=C/c1ccc3ccsc3c1)C2. The van der Waals surface area contributed by atoms with Gasteiger partial charge in [-0.05, 0) is 47.7 Å². The average Bonchev–Trinajstić information content (AvgIpc) is 3.08. The lowest BCUT2D eigenvalue weighted by Crippen LogP contribution is -2.62. The molecule has 3 nitrogen and oxygen atoms in total. The molecule has 25 heavy (non-hydrogen) atoms. The minimum atomic E-state index is 0.342. The van der Waals surface area contributed by atoms with E-state index in [0.29, 0.717) is 24.4 Å². The van der Waals surface area contributed by atoms with E-state index >= 15 is 0 Å². The summed E-state index contributed by atoms with van der Waals surface area (Å²) in [5.41, 5.74) is 1.27. The summed E-state index contributed by atoms with van der Waals surface area (Å²) < 4.78 is 1.35. The highest BCUT2D eigenvalue weighted by Gasteiger charge is 2.38. The standard InChI is InChI=1S/C21H26N2OS/c1-2-21(24)23-18-6-3-7-19(23)15-22(14-18)11-4-5-16-8-9-17-10-12-25-20(17)13-16/h4-5,8-10,12-13,18-19H,2-3,6-7,11,14-15H2,1H3/b5-4+. The summed E-state index contributed by atoms with van der Waals surface area (Å²) in [5.74, 6) is 0.342. The fourth-order valence-electron chi connectivity index (χ4n) is 4.35. The van der Waals surface area contributed by atoms with Gasteiger partial charge in [-0.2, -0.15) is 0 Å². The van der Waals surface area contributed by atoms with Crippen molar-refractivity contribution in [3.05, 3.63) is 41.3 Å². The van der Waals surface area contributed by atoms with Crippen LogP contribution in [0.25, 0.3) is 16.2 Å². The van der Waals surface area contributed by atoms with Crippen LogP contribution in [0, 0.1) is 0 Å². The van der Waals surface area contributed by atoms with Gasteiger partial charge >= 0.3 is 0 Å². The van der Waals surface area contributed by atoms with E-state index in [1.165, 1.54) is 22.1 Å². The van der Waals surface area contributed by atoms with Gasteiger partial charge in [0.05, 0.1) is 0 Å². The van der Waals surface area contributed by atoms with Crippen LogP contribution in [0.15, 0.2) is 35.7 Å². The van der Waals surface area contributed by atoms with Gasteiger partial charge in [0.1, 0.15) is 0 Å². The molecule has 2 saturated heterocycles. The fourth-order valence-corrected chi connectivity index (χ4v) is 5.18. The third kappa shape index (κ3) is 3.51. The van der Waals surface area contributed by atoms with Crippen molar-refractivity contribution in [1.29, 1.82) is 0 Å². The molecule has 0 radical (unpaired) electrons. The molecule has 0 N–H and O–H groups in total. The minimum Gasteiger partial charge on any atom is -0.334 e. The summed E-state index contributed by atoms with van der Waals surface area (Å²) in [7, 11) is 0. The van der Waals surface area contributed by atoms with Crippen molar-refractivity contribution in [3.8, 4) is 0 Å². The van der Waals surface area contributed by atoms with Gasteiger partial charge in [0.15, 0.2) is 0 Å². The molecule has 0 aliphatic carbocycles. The second-order valence-electron chi connectivity index (χ2n) is 7.23. The number of nitrogens with zero attached hydrogens (tertiary/aromatic N) is 2. The van der Waals surface area contributed by atoms with Crippen LogP contribution >= 0.6 is 11.3 Å². The first-order chi connectivity index (χ1) is 12.2. The topological polar surface area (TPSA) is 23.6 Å². The largest absolute Gasteiger partial charge is 0.334 e. The lowest BCUT2D eigenvalue weighted by atomic mass is 9.91. The molecule has 1 aromatic heterocycles. The Bertz CT molecular complexity index is 767. The number of likely N-dealkylation sites (tertiary alicyclic amines) is 1. The summed E-state index contributed by atoms with van der Waals surface area (Å²) in [6, 6.07) is 9.68. The number of benzene rings is 1. The third-order valence-electron chi connectivity index (χ3n) is 5.54. The smallest absolute Gasteiger partial charge is 0.222 e. The van der Waals surface area contributed by atoms with Gasteiger partial charge in [0.2, 0.25) is 5.91 Å². The van der Waals surface area contributed by atoms with Gasteiger partial charge in [-0.25, -0.2) is 0 Å². The predicted octanol–water partition coefficient (Wildman–Crippen LogP) is 4.39. The average molecular weight is 355 g/mol. The molecule has 2 aliphatic rings. The molecule has 2 aliphatic heterocycles. The van der Waals surface area contributed by atoms with Crippen molar-refractivity contribution < 1.29 is 4.79 Å². The Kier molecular flexibility index (Phi) is 4.91. The molecular weight excluding hydrogens is 328 g/mol. The first-order valence-electron chi connectivity index (χ1n) is 9.42. The number of fused-ring (bicyclic) bond motifs is 3. The molecule has 2 unspecified atom stereocenters. The minimum absolute atomic E-state index is 0.342. The number of rotatable bonds is 4. The number of carbonyl (C=O) groups excluding carboxylic acids is 1. The van der Waals surface area contributed by atoms with Crippen molar-refractivity contribution in [3.63, 3.8) is 0 Å². The molecule has 1 amide bonds. The number of carbonyl (C=O) groups is 1. The van der Waals surface area contributed by atoms with E-state index in [0.717, 1.165) is 32.5 Å². The normalized spacial score (nSPS) is 24.3. The van der Waals surface area contributed by atoms with E-state index in [1.54, 1.807) is 11.3 Å². The summed E-state index contributed by atoms with van der Waals surface area (Å²) in [5, 5.41) is 3.47. The van der Waals surface area contributed by atoms with Crippen molar-refractivity contribution in [2.45, 2.75) is 44.7 Å². The van der Waals surface area contributed by atoms with Crippen LogP contribution in [0.2, 0.25) is 0 Å². The van der Waals surface area contributed by atoms with Gasteiger partial charge in [-0.15, -0.1) is 11.3 Å². The Hall–Kier alpha value is -1.65. The van der Waals surface area contributed by atoms with Crippen LogP contribution in [0.1, 0.15) is 38.2 Å². The van der Waals surface area contributed by atoms with Crippen molar-refractivity contribution in [1.82, 2.24) is 9.80 Å². The van der Waals surface area contributed by atoms with E-state index in [4.69, 9.17) is 0 Å². The first-order valence-corrected chi connectivity index (χ1v) is 10.3. The molecule has 2 fully saturated rings. The van der Waals surface area contributed by atoms with Crippen molar-refractivity contribution >= 4 is 33.4 Å². The second-order valence-corrected chi connectivity index (χ2v) is 8.18. The van der Waals surface area contributed by atoms with Gasteiger partial charge < -0.3 is 4.90 Å². The molecule has 4 heteroatoms. The predicted molar refractivity (Wildman–Crippen MR) is 106 cm³/mol. The van der Waals surface area contributed by atoms with Gasteiger partial charge in [-0.3, -0.25) is 9.69 Å². The molecule has 1 aromatic carbocycles. The van der Waals surface area contributed by atoms with E-state index in [-0.39, 0.29) is 0 Å². The third-order valence-corrected chi connectivity index (χ3v) is 6.42. The Balaban J connectivity index is 1.39. The van der Waals surface area contributed by atoms with Crippen LogP contribution in [-0.4, -0.2) is 47.4 Å². The van der Waals surface area contributed by atoms with E-state index < -0.39 is 0 Å². The Morgan fingerprint density at radius 3 is 2.80 bits per heavy atom. The summed E-state index contributed by atoms with van der Waals surface area (Å²) in [4.78, 5) is 17.0. The Labute approximate surface area is 153 Å². The van der Waals surface area contributed by atoms with Crippen LogP contribution in [0.3, 0.4) is 0 Å². The maximum absolute atomic E-state index is 12.3. The van der Waals surface area contributed by atoms with Gasteiger partial charge in [-0.1, -0.05) is 31.2 Å². The molecule has 2 bridgehead atoms. The molecule has 4 rings (SSSR count). The Morgan fingerprint density at radius 2 is 2.04 bits per heavy atom. The number of hydrogen-bond acceptors (Lipinski definition) is 3. The van der Waals surface area contributed by atoms with E-state index in [1.807, 2.05) is 6.92 Å². The van der Waals surface area contributed by atoms with E-state index in [2.05, 4.69) is 51.6 Å². The van der Waals surface area contributed by atoms with Crippen molar-refractivity contribution in [2.75, 3.05) is 19.6 Å². The zero-order valence-electron chi connectivity index (χ0n) is 14.9. The molecule has 132 valence electrons. The maximum Gasteiger partial charge on any atom is 0.222 e. The van der Waals surface area contributed by atoms with Crippen LogP contribution in [0.5, 0.6) is 0 Å². The maximum atomic E-state index is 12.3. The zero-order chi connectivity index (χ0) is 17.2. The number of amides is 1. The number of piperazine rings is 1. The number of hydrogen-bond donors (Lipinski definition) is 0. The second kappa shape index (κ2) is 7.30. The summed E-state index contributed by atoms with van der Waals surface area (Å²) in [6.07, 6.45) is 8.75. The molecule has 0 saturated carbocycles. The molecule has 2 aromatic rings. The molecular formula is C21H26N2OS. The Morgan fingerprint density at radius 1 is 1.24 bits per heavy atom. The fraction of sp³-hybridized carbons (Fsp3) is 0.476. The summed E-state index contributed by atoms with van der Waals surface area (Å²) >= 11 is 1.80. The van der Waals surface area contributed by atoms with Crippen LogP contribution in [-0.2, 0) is 4.79 Å². The first kappa shape index (κ1) is 16.8. The monoisotopic (exact) mass is 354 g/mol. The molecule has 0 spiro atoms. The van der Waals surface area contributed by atoms with E-state index in [9.17, 15) is 4.79 Å². The highest BCUT2D eigenvalue weighted by molar-refractivity contribution is 7.17. The van der Waals surface area contributed by atoms with Crippen LogP contribution < -0.4 is 0 Å². The lowest BCUT2D eigenvalue weighted by molar-refractivity contribution is -0.142. The lowest BCUT2D eigenvalue weighted by Gasteiger charge is -2.50. The zero-order valence-corrected chi connectivity index (χ0v) is 15.7. The number of piperidine rings is 1. The highest BCUT2D eigenvalue weighted by atomic mass is 32.1. The molecule has 2 atom stereocenters. The highest BCUT2D eigenvalue weighted by Crippen LogP contribution is 2.29. The van der Waals surface area contributed by atoms with Crippen LogP contribution in [0.4, 0.5) is 0 Å².